The van der Waals surface area contributed by atoms with Gasteiger partial charge in [-0.1, -0.05) is 115 Å². The molecule has 0 saturated carbocycles. The molecule has 6 aromatic carbocycles. The fourth-order valence-corrected chi connectivity index (χ4v) is 7.34. The van der Waals surface area contributed by atoms with E-state index in [1.54, 1.807) is 0 Å². The van der Waals surface area contributed by atoms with Crippen LogP contribution in [0.15, 0.2) is 144 Å². The molecule has 7 aromatic rings. The molecule has 0 N–H and O–H groups in total. The van der Waals surface area contributed by atoms with Crippen LogP contribution in [0.4, 0.5) is 17.1 Å². The van der Waals surface area contributed by atoms with Gasteiger partial charge in [-0.15, -0.1) is 0 Å². The zero-order chi connectivity index (χ0) is 28.4. The van der Waals surface area contributed by atoms with Crippen molar-refractivity contribution in [2.75, 3.05) is 4.90 Å². The summed E-state index contributed by atoms with van der Waals surface area (Å²) in [6.45, 7) is 4.68. The van der Waals surface area contributed by atoms with E-state index >= 15 is 0 Å². The summed E-state index contributed by atoms with van der Waals surface area (Å²) in [7, 11) is 0. The first-order chi connectivity index (χ1) is 20.5. The van der Waals surface area contributed by atoms with E-state index < -0.39 is 0 Å². The lowest BCUT2D eigenvalue weighted by molar-refractivity contribution is 0.660. The zero-order valence-electron chi connectivity index (χ0n) is 23.6. The predicted octanol–water partition coefficient (Wildman–Crippen LogP) is 11.3. The van der Waals surface area contributed by atoms with Crippen molar-refractivity contribution in [3.05, 3.63) is 155 Å². The third-order valence-electron chi connectivity index (χ3n) is 8.80. The van der Waals surface area contributed by atoms with E-state index in [4.69, 9.17) is 0 Å². The van der Waals surface area contributed by atoms with Gasteiger partial charge in [0.1, 0.15) is 0 Å². The Hall–Kier alpha value is -4.60. The molecule has 3 heteroatoms. The highest BCUT2D eigenvalue weighted by Gasteiger charge is 2.35. The predicted molar refractivity (Wildman–Crippen MR) is 181 cm³/mol. The number of benzene rings is 6. The number of para-hydroxylation sites is 3. The van der Waals surface area contributed by atoms with Gasteiger partial charge in [-0.3, -0.25) is 0 Å². The second kappa shape index (κ2) is 9.47. The van der Waals surface area contributed by atoms with Gasteiger partial charge in [0.05, 0.1) is 11.0 Å². The largest absolute Gasteiger partial charge is 0.310 e. The van der Waals surface area contributed by atoms with E-state index in [0.29, 0.717) is 0 Å². The maximum Gasteiger partial charge on any atom is 0.0541 e. The number of halogens is 1. The Morgan fingerprint density at radius 1 is 0.524 bits per heavy atom. The fraction of sp³-hybridized carbons (Fsp3) is 0.0769. The van der Waals surface area contributed by atoms with E-state index in [0.717, 1.165) is 27.2 Å². The van der Waals surface area contributed by atoms with Crippen LogP contribution < -0.4 is 4.90 Å². The van der Waals surface area contributed by atoms with Gasteiger partial charge in [-0.25, -0.2) is 0 Å². The SMILES string of the molecule is CC1(C)c2ccccc2-c2ccc(N(c3ccccc3)c3cc(Br)cc(-n4c5ccccc5c5ccccc54)c3)cc21. The highest BCUT2D eigenvalue weighted by atomic mass is 79.9. The van der Waals surface area contributed by atoms with Crippen molar-refractivity contribution in [2.45, 2.75) is 19.3 Å². The zero-order valence-corrected chi connectivity index (χ0v) is 25.1. The van der Waals surface area contributed by atoms with Crippen LogP contribution in [0.2, 0.25) is 0 Å². The van der Waals surface area contributed by atoms with Crippen LogP contribution in [0, 0.1) is 0 Å². The molecule has 0 aliphatic heterocycles. The van der Waals surface area contributed by atoms with Crippen LogP contribution in [0.3, 0.4) is 0 Å². The van der Waals surface area contributed by atoms with Crippen molar-refractivity contribution in [3.8, 4) is 16.8 Å². The van der Waals surface area contributed by atoms with Gasteiger partial charge in [0.15, 0.2) is 0 Å². The molecule has 1 aliphatic rings. The van der Waals surface area contributed by atoms with Crippen LogP contribution in [0.5, 0.6) is 0 Å². The summed E-state index contributed by atoms with van der Waals surface area (Å²) >= 11 is 3.89. The van der Waals surface area contributed by atoms with Gasteiger partial charge in [0, 0.05) is 43.4 Å². The van der Waals surface area contributed by atoms with Crippen molar-refractivity contribution < 1.29 is 0 Å². The van der Waals surface area contributed by atoms with Crippen LogP contribution >= 0.6 is 15.9 Å². The lowest BCUT2D eigenvalue weighted by Crippen LogP contribution is -2.16. The highest BCUT2D eigenvalue weighted by molar-refractivity contribution is 9.10. The highest BCUT2D eigenvalue weighted by Crippen LogP contribution is 2.50. The second-order valence-corrected chi connectivity index (χ2v) is 12.5. The lowest BCUT2D eigenvalue weighted by atomic mass is 9.82. The number of aromatic nitrogens is 1. The quantitative estimate of drug-likeness (QED) is 0.194. The number of anilines is 3. The summed E-state index contributed by atoms with van der Waals surface area (Å²) in [5.74, 6) is 0. The molecule has 1 aromatic heterocycles. The molecule has 8 rings (SSSR count). The molecule has 0 spiro atoms. The Balaban J connectivity index is 1.35. The summed E-state index contributed by atoms with van der Waals surface area (Å²) in [4.78, 5) is 2.38. The number of fused-ring (bicyclic) bond motifs is 6. The normalized spacial score (nSPS) is 13.3. The molecule has 42 heavy (non-hydrogen) atoms. The molecule has 1 aliphatic carbocycles. The minimum atomic E-state index is -0.0737. The minimum absolute atomic E-state index is 0.0737. The molecule has 2 nitrogen and oxygen atoms in total. The Kier molecular flexibility index (Phi) is 5.67. The van der Waals surface area contributed by atoms with Crippen molar-refractivity contribution in [3.63, 3.8) is 0 Å². The first-order valence-electron chi connectivity index (χ1n) is 14.4. The van der Waals surface area contributed by atoms with Gasteiger partial charge >= 0.3 is 0 Å². The Morgan fingerprint density at radius 2 is 1.14 bits per heavy atom. The summed E-state index contributed by atoms with van der Waals surface area (Å²) in [6.07, 6.45) is 0. The molecule has 0 saturated heterocycles. The van der Waals surface area contributed by atoms with E-state index in [-0.39, 0.29) is 5.41 Å². The van der Waals surface area contributed by atoms with Crippen LogP contribution in [-0.4, -0.2) is 4.57 Å². The van der Waals surface area contributed by atoms with Gasteiger partial charge in [-0.05, 0) is 76.9 Å². The fourth-order valence-electron chi connectivity index (χ4n) is 6.87. The summed E-state index contributed by atoms with van der Waals surface area (Å²) in [5, 5.41) is 2.52. The van der Waals surface area contributed by atoms with Gasteiger partial charge < -0.3 is 9.47 Å². The molecular formula is C39H29BrN2. The third kappa shape index (κ3) is 3.77. The Morgan fingerprint density at radius 3 is 1.88 bits per heavy atom. The van der Waals surface area contributed by atoms with Gasteiger partial charge in [-0.2, -0.15) is 0 Å². The minimum Gasteiger partial charge on any atom is -0.310 e. The van der Waals surface area contributed by atoms with Crippen LogP contribution in [0.1, 0.15) is 25.0 Å². The maximum atomic E-state index is 3.89. The molecule has 0 amide bonds. The summed E-state index contributed by atoms with van der Waals surface area (Å²) in [6, 6.07) is 50.6. The van der Waals surface area contributed by atoms with Crippen LogP contribution in [-0.2, 0) is 5.41 Å². The third-order valence-corrected chi connectivity index (χ3v) is 9.26. The van der Waals surface area contributed by atoms with Crippen molar-refractivity contribution >= 4 is 54.8 Å². The molecule has 0 radical (unpaired) electrons. The average molecular weight is 606 g/mol. The molecule has 202 valence electrons. The summed E-state index contributed by atoms with van der Waals surface area (Å²) in [5.41, 5.74) is 12.2. The number of nitrogens with zero attached hydrogens (tertiary/aromatic N) is 2. The monoisotopic (exact) mass is 604 g/mol. The molecule has 0 bridgehead atoms. The maximum absolute atomic E-state index is 3.89. The van der Waals surface area contributed by atoms with Gasteiger partial charge in [0.2, 0.25) is 0 Å². The van der Waals surface area contributed by atoms with E-state index in [9.17, 15) is 0 Å². The molecular weight excluding hydrogens is 576 g/mol. The topological polar surface area (TPSA) is 8.17 Å². The number of hydrogen-bond donors (Lipinski definition) is 0. The Labute approximate surface area is 254 Å². The van der Waals surface area contributed by atoms with E-state index in [1.165, 1.54) is 44.1 Å². The van der Waals surface area contributed by atoms with Gasteiger partial charge in [0.25, 0.3) is 0 Å². The van der Waals surface area contributed by atoms with Crippen molar-refractivity contribution in [2.24, 2.45) is 0 Å². The standard InChI is InChI=1S/C39H29BrN2/c1-39(2)35-17-9-6-14-31(35)32-21-20-28(25-36(32)39)41(27-12-4-3-5-13-27)29-22-26(40)23-30(24-29)42-37-18-10-7-15-33(37)34-16-8-11-19-38(34)42/h3-25H,1-2H3. The Bertz CT molecular complexity index is 2080. The van der Waals surface area contributed by atoms with Crippen molar-refractivity contribution in [1.29, 1.82) is 0 Å². The van der Waals surface area contributed by atoms with E-state index in [1.807, 2.05) is 0 Å². The molecule has 0 atom stereocenters. The second-order valence-electron chi connectivity index (χ2n) is 11.6. The first kappa shape index (κ1) is 25.1. The van der Waals surface area contributed by atoms with Crippen molar-refractivity contribution in [1.82, 2.24) is 4.57 Å². The molecule has 0 unspecified atom stereocenters. The first-order valence-corrected chi connectivity index (χ1v) is 15.2. The number of hydrogen-bond acceptors (Lipinski definition) is 1. The molecule has 0 fully saturated rings. The lowest BCUT2D eigenvalue weighted by Gasteiger charge is -2.28. The smallest absolute Gasteiger partial charge is 0.0541 e. The average Bonchev–Trinajstić information content (AvgIpc) is 3.47. The van der Waals surface area contributed by atoms with Crippen LogP contribution in [0.25, 0.3) is 38.6 Å². The molecule has 1 heterocycles. The summed E-state index contributed by atoms with van der Waals surface area (Å²) < 4.78 is 3.41. The van der Waals surface area contributed by atoms with E-state index in [2.05, 4.69) is 179 Å². The number of rotatable bonds is 4.